The van der Waals surface area contributed by atoms with Gasteiger partial charge in [-0.3, -0.25) is 19.3 Å². The van der Waals surface area contributed by atoms with Crippen LogP contribution in [-0.4, -0.2) is 65.4 Å². The average Bonchev–Trinajstić information content (AvgIpc) is 2.98. The quantitative estimate of drug-likeness (QED) is 0.638. The molecule has 0 unspecified atom stereocenters. The number of piperazine rings is 1. The van der Waals surface area contributed by atoms with E-state index in [9.17, 15) is 19.5 Å². The summed E-state index contributed by atoms with van der Waals surface area (Å²) in [5.41, 5.74) is 2.00. The van der Waals surface area contributed by atoms with Crippen molar-refractivity contribution in [1.82, 2.24) is 9.80 Å². The molecular weight excluding hydrogens is 370 g/mol. The Labute approximate surface area is 168 Å². The van der Waals surface area contributed by atoms with Gasteiger partial charge in [-0.2, -0.15) is 0 Å². The molecule has 2 aromatic rings. The Balaban J connectivity index is 1.46. The summed E-state index contributed by atoms with van der Waals surface area (Å²) >= 11 is 0. The molecule has 0 spiro atoms. The van der Waals surface area contributed by atoms with Crippen molar-refractivity contribution in [3.8, 4) is 5.75 Å². The first-order valence-electron chi connectivity index (χ1n) is 9.44. The summed E-state index contributed by atoms with van der Waals surface area (Å²) in [5.74, 6) is -0.678. The molecule has 2 heterocycles. The second-order valence-electron chi connectivity index (χ2n) is 7.07. The van der Waals surface area contributed by atoms with Crippen LogP contribution in [0.25, 0.3) is 0 Å². The van der Waals surface area contributed by atoms with Crippen LogP contribution >= 0.6 is 0 Å². The molecular formula is C22H21N3O4. The number of carbonyl (C=O) groups is 3. The van der Waals surface area contributed by atoms with Crippen molar-refractivity contribution in [3.63, 3.8) is 0 Å². The Bertz CT molecular complexity index is 992. The van der Waals surface area contributed by atoms with Gasteiger partial charge in [0, 0.05) is 44.0 Å². The molecule has 7 heteroatoms. The Morgan fingerprint density at radius 2 is 1.62 bits per heavy atom. The van der Waals surface area contributed by atoms with Gasteiger partial charge in [0.15, 0.2) is 0 Å². The molecule has 0 atom stereocenters. The van der Waals surface area contributed by atoms with E-state index >= 15 is 0 Å². The molecule has 0 aliphatic carbocycles. The van der Waals surface area contributed by atoms with E-state index in [1.807, 2.05) is 12.1 Å². The number of hydrogen-bond donors (Lipinski definition) is 1. The van der Waals surface area contributed by atoms with Crippen LogP contribution in [0.5, 0.6) is 5.75 Å². The highest BCUT2D eigenvalue weighted by Crippen LogP contribution is 2.25. The summed E-state index contributed by atoms with van der Waals surface area (Å²) in [6, 6.07) is 11.7. The van der Waals surface area contributed by atoms with Crippen LogP contribution in [0.4, 0.5) is 5.69 Å². The molecule has 0 aromatic heterocycles. The number of fused-ring (bicyclic) bond motifs is 1. The van der Waals surface area contributed by atoms with Crippen molar-refractivity contribution < 1.29 is 19.5 Å². The molecule has 1 saturated heterocycles. The van der Waals surface area contributed by atoms with E-state index in [0.717, 1.165) is 10.6 Å². The predicted molar refractivity (Wildman–Crippen MR) is 108 cm³/mol. The Morgan fingerprint density at radius 3 is 2.28 bits per heavy atom. The zero-order valence-corrected chi connectivity index (χ0v) is 15.9. The number of phenolic OH excluding ortho intramolecular Hbond substituents is 1. The lowest BCUT2D eigenvalue weighted by atomic mass is 10.0. The maximum absolute atomic E-state index is 12.9. The largest absolute Gasteiger partial charge is 0.508 e. The SMILES string of the molecule is C=CCN1C(=O)c2ccc(C(=O)N3CCN(c4ccc(O)cc4)CC3)cc2C1=O. The number of amides is 3. The van der Waals surface area contributed by atoms with Crippen molar-refractivity contribution in [3.05, 3.63) is 71.8 Å². The van der Waals surface area contributed by atoms with E-state index in [-0.39, 0.29) is 29.7 Å². The van der Waals surface area contributed by atoms with Gasteiger partial charge in [-0.15, -0.1) is 6.58 Å². The second kappa shape index (κ2) is 7.43. The summed E-state index contributed by atoms with van der Waals surface area (Å²) in [5, 5.41) is 9.42. The molecule has 1 N–H and O–H groups in total. The van der Waals surface area contributed by atoms with Gasteiger partial charge in [-0.05, 0) is 42.5 Å². The van der Waals surface area contributed by atoms with E-state index in [4.69, 9.17) is 0 Å². The molecule has 0 saturated carbocycles. The topological polar surface area (TPSA) is 81.2 Å². The third kappa shape index (κ3) is 3.35. The van der Waals surface area contributed by atoms with Crippen LogP contribution in [0.3, 0.4) is 0 Å². The zero-order chi connectivity index (χ0) is 20.5. The molecule has 0 radical (unpaired) electrons. The standard InChI is InChI=1S/C22H21N3O4/c1-2-9-25-21(28)18-8-3-15(14-19(18)22(25)29)20(27)24-12-10-23(11-13-24)16-4-6-17(26)7-5-16/h2-8,14,26H,1,9-13H2. The molecule has 2 aliphatic heterocycles. The van der Waals surface area contributed by atoms with E-state index in [0.29, 0.717) is 37.3 Å². The molecule has 4 rings (SSSR count). The predicted octanol–water partition coefficient (Wildman–Crippen LogP) is 2.14. The lowest BCUT2D eigenvalue weighted by molar-refractivity contribution is 0.0671. The third-order valence-corrected chi connectivity index (χ3v) is 5.31. The lowest BCUT2D eigenvalue weighted by Gasteiger charge is -2.36. The third-order valence-electron chi connectivity index (χ3n) is 5.31. The van der Waals surface area contributed by atoms with Gasteiger partial charge in [-0.1, -0.05) is 6.08 Å². The molecule has 148 valence electrons. The minimum atomic E-state index is -0.392. The number of nitrogens with zero attached hydrogens (tertiary/aromatic N) is 3. The number of carbonyl (C=O) groups excluding carboxylic acids is 3. The van der Waals surface area contributed by atoms with Crippen molar-refractivity contribution in [2.45, 2.75) is 0 Å². The molecule has 3 amide bonds. The lowest BCUT2D eigenvalue weighted by Crippen LogP contribution is -2.48. The number of imide groups is 1. The van der Waals surface area contributed by atoms with Gasteiger partial charge in [0.2, 0.25) is 0 Å². The molecule has 0 bridgehead atoms. The number of aromatic hydroxyl groups is 1. The van der Waals surface area contributed by atoms with Gasteiger partial charge in [0.25, 0.3) is 17.7 Å². The highest BCUT2D eigenvalue weighted by molar-refractivity contribution is 6.22. The van der Waals surface area contributed by atoms with Gasteiger partial charge in [-0.25, -0.2) is 0 Å². The zero-order valence-electron chi connectivity index (χ0n) is 15.9. The summed E-state index contributed by atoms with van der Waals surface area (Å²) in [6.07, 6.45) is 1.50. The molecule has 1 fully saturated rings. The van der Waals surface area contributed by atoms with Crippen molar-refractivity contribution in [2.24, 2.45) is 0 Å². The minimum absolute atomic E-state index is 0.148. The number of rotatable bonds is 4. The maximum atomic E-state index is 12.9. The highest BCUT2D eigenvalue weighted by atomic mass is 16.3. The van der Waals surface area contributed by atoms with Crippen LogP contribution in [0.1, 0.15) is 31.1 Å². The summed E-state index contributed by atoms with van der Waals surface area (Å²) in [4.78, 5) is 42.8. The number of benzene rings is 2. The second-order valence-corrected chi connectivity index (χ2v) is 7.07. The van der Waals surface area contributed by atoms with Crippen LogP contribution in [0.2, 0.25) is 0 Å². The van der Waals surface area contributed by atoms with Crippen LogP contribution in [-0.2, 0) is 0 Å². The first-order chi connectivity index (χ1) is 14.0. The molecule has 29 heavy (non-hydrogen) atoms. The van der Waals surface area contributed by atoms with Crippen molar-refractivity contribution >= 4 is 23.4 Å². The van der Waals surface area contributed by atoms with Crippen molar-refractivity contribution in [1.29, 1.82) is 0 Å². The molecule has 2 aromatic carbocycles. The fourth-order valence-corrected chi connectivity index (χ4v) is 3.73. The van der Waals surface area contributed by atoms with E-state index in [1.165, 1.54) is 12.1 Å². The Hall–Kier alpha value is -3.61. The monoisotopic (exact) mass is 391 g/mol. The smallest absolute Gasteiger partial charge is 0.261 e. The normalized spacial score (nSPS) is 16.2. The number of anilines is 1. The highest BCUT2D eigenvalue weighted by Gasteiger charge is 2.35. The first-order valence-corrected chi connectivity index (χ1v) is 9.44. The van der Waals surface area contributed by atoms with Crippen LogP contribution in [0.15, 0.2) is 55.1 Å². The summed E-state index contributed by atoms with van der Waals surface area (Å²) in [6.45, 7) is 6.16. The van der Waals surface area contributed by atoms with E-state index in [2.05, 4.69) is 11.5 Å². The van der Waals surface area contributed by atoms with Gasteiger partial charge >= 0.3 is 0 Å². The van der Waals surface area contributed by atoms with Crippen molar-refractivity contribution in [2.75, 3.05) is 37.6 Å². The van der Waals surface area contributed by atoms with E-state index < -0.39 is 5.91 Å². The maximum Gasteiger partial charge on any atom is 0.261 e. The minimum Gasteiger partial charge on any atom is -0.508 e. The summed E-state index contributed by atoms with van der Waals surface area (Å²) < 4.78 is 0. The fourth-order valence-electron chi connectivity index (χ4n) is 3.73. The van der Waals surface area contributed by atoms with Gasteiger partial charge < -0.3 is 14.9 Å². The molecule has 2 aliphatic rings. The van der Waals surface area contributed by atoms with E-state index in [1.54, 1.807) is 29.2 Å². The first kappa shape index (κ1) is 18.7. The number of hydrogen-bond acceptors (Lipinski definition) is 5. The Morgan fingerprint density at radius 1 is 0.966 bits per heavy atom. The molecule has 7 nitrogen and oxygen atoms in total. The Kier molecular flexibility index (Phi) is 4.80. The van der Waals surface area contributed by atoms with Crippen LogP contribution in [0, 0.1) is 0 Å². The fraction of sp³-hybridized carbons (Fsp3) is 0.227. The average molecular weight is 391 g/mol. The van der Waals surface area contributed by atoms with Gasteiger partial charge in [0.05, 0.1) is 11.1 Å². The van der Waals surface area contributed by atoms with Crippen LogP contribution < -0.4 is 4.90 Å². The number of phenols is 1. The summed E-state index contributed by atoms with van der Waals surface area (Å²) in [7, 11) is 0. The van der Waals surface area contributed by atoms with Gasteiger partial charge in [0.1, 0.15) is 5.75 Å².